The monoisotopic (exact) mass is 288 g/mol. The first-order valence-corrected chi connectivity index (χ1v) is 6.54. The smallest absolute Gasteiger partial charge is 0.345 e. The normalized spacial score (nSPS) is 10.2. The van der Waals surface area contributed by atoms with Gasteiger partial charge in [0.05, 0.1) is 12.3 Å². The number of esters is 1. The number of benzene rings is 1. The van der Waals surface area contributed by atoms with Gasteiger partial charge in [-0.2, -0.15) is 0 Å². The van der Waals surface area contributed by atoms with Crippen LogP contribution in [0, 0.1) is 13.8 Å². The molecule has 6 heteroatoms. The van der Waals surface area contributed by atoms with Crippen molar-refractivity contribution >= 4 is 17.8 Å². The molecule has 0 aliphatic rings. The van der Waals surface area contributed by atoms with E-state index in [9.17, 15) is 9.59 Å². The zero-order valence-corrected chi connectivity index (χ0v) is 12.1. The Morgan fingerprint density at radius 2 is 1.90 bits per heavy atom. The van der Waals surface area contributed by atoms with Crippen LogP contribution < -0.4 is 5.32 Å². The quantitative estimate of drug-likeness (QED) is 0.875. The summed E-state index contributed by atoms with van der Waals surface area (Å²) < 4.78 is 9.92. The summed E-state index contributed by atoms with van der Waals surface area (Å²) in [6.07, 6.45) is 0. The molecule has 1 amide bonds. The Hall–Kier alpha value is -2.63. The van der Waals surface area contributed by atoms with Crippen molar-refractivity contribution < 1.29 is 18.8 Å². The minimum absolute atomic E-state index is 0.00322. The third kappa shape index (κ3) is 3.28. The Morgan fingerprint density at radius 1 is 1.24 bits per heavy atom. The molecule has 0 saturated heterocycles. The molecule has 2 aromatic rings. The van der Waals surface area contributed by atoms with E-state index in [2.05, 4.69) is 10.5 Å². The summed E-state index contributed by atoms with van der Waals surface area (Å²) in [4.78, 5) is 24.0. The summed E-state index contributed by atoms with van der Waals surface area (Å²) in [5.41, 5.74) is 2.02. The van der Waals surface area contributed by atoms with Gasteiger partial charge in [-0.15, -0.1) is 0 Å². The van der Waals surface area contributed by atoms with Crippen molar-refractivity contribution in [1.82, 2.24) is 5.16 Å². The van der Waals surface area contributed by atoms with Gasteiger partial charge in [0, 0.05) is 5.56 Å². The Bertz CT molecular complexity index is 659. The highest BCUT2D eigenvalue weighted by Crippen LogP contribution is 2.21. The number of carbonyl (C=O) groups is 2. The van der Waals surface area contributed by atoms with Crippen LogP contribution in [-0.2, 0) is 4.74 Å². The third-order valence-electron chi connectivity index (χ3n) is 2.88. The largest absolute Gasteiger partial charge is 0.462 e. The van der Waals surface area contributed by atoms with Gasteiger partial charge in [-0.25, -0.2) is 4.79 Å². The fraction of sp³-hybridized carbons (Fsp3) is 0.267. The molecule has 0 saturated carbocycles. The zero-order chi connectivity index (χ0) is 15.4. The Balaban J connectivity index is 2.22. The van der Waals surface area contributed by atoms with E-state index < -0.39 is 5.97 Å². The van der Waals surface area contributed by atoms with Crippen molar-refractivity contribution in [3.05, 3.63) is 46.6 Å². The lowest BCUT2D eigenvalue weighted by molar-refractivity contribution is 0.0526. The number of amides is 1. The molecular formula is C15H16N2O4. The molecule has 1 heterocycles. The zero-order valence-electron chi connectivity index (χ0n) is 12.1. The van der Waals surface area contributed by atoms with E-state index in [0.717, 1.165) is 5.56 Å². The van der Waals surface area contributed by atoms with E-state index in [1.807, 2.05) is 19.1 Å². The van der Waals surface area contributed by atoms with Gasteiger partial charge in [0.25, 0.3) is 5.91 Å². The molecule has 21 heavy (non-hydrogen) atoms. The molecule has 0 fully saturated rings. The summed E-state index contributed by atoms with van der Waals surface area (Å²) in [6, 6.07) is 7.04. The maximum atomic E-state index is 12.1. The highest BCUT2D eigenvalue weighted by Gasteiger charge is 2.23. The summed E-state index contributed by atoms with van der Waals surface area (Å²) in [5, 5.41) is 6.23. The van der Waals surface area contributed by atoms with E-state index in [4.69, 9.17) is 9.26 Å². The van der Waals surface area contributed by atoms with Crippen molar-refractivity contribution in [3.63, 3.8) is 0 Å². The summed E-state index contributed by atoms with van der Waals surface area (Å²) in [7, 11) is 0. The fourth-order valence-corrected chi connectivity index (χ4v) is 1.78. The Kier molecular flexibility index (Phi) is 4.37. The average molecular weight is 288 g/mol. The lowest BCUT2D eigenvalue weighted by Gasteiger charge is -2.05. The second-order valence-corrected chi connectivity index (χ2v) is 4.51. The molecule has 1 N–H and O–H groups in total. The van der Waals surface area contributed by atoms with Crippen LogP contribution in [0.25, 0.3) is 0 Å². The summed E-state index contributed by atoms with van der Waals surface area (Å²) >= 11 is 0. The summed E-state index contributed by atoms with van der Waals surface area (Å²) in [5.74, 6) is -0.955. The second kappa shape index (κ2) is 6.21. The minimum atomic E-state index is -0.574. The molecule has 0 aliphatic carbocycles. The number of aryl methyl sites for hydroxylation is 2. The van der Waals surface area contributed by atoms with Gasteiger partial charge in [0.1, 0.15) is 5.56 Å². The highest BCUT2D eigenvalue weighted by molar-refractivity contribution is 6.07. The van der Waals surface area contributed by atoms with E-state index in [1.54, 1.807) is 26.0 Å². The number of ether oxygens (including phenoxy) is 1. The van der Waals surface area contributed by atoms with Crippen molar-refractivity contribution in [2.24, 2.45) is 0 Å². The topological polar surface area (TPSA) is 81.4 Å². The van der Waals surface area contributed by atoms with Crippen LogP contribution in [0.3, 0.4) is 0 Å². The number of anilines is 1. The van der Waals surface area contributed by atoms with Crippen LogP contribution in [0.2, 0.25) is 0 Å². The standard InChI is InChI=1S/C15H16N2O4/c1-4-20-15(19)12-10(3)17-21-14(12)16-13(18)11-7-5-9(2)6-8-11/h5-8H,4H2,1-3H3,(H,16,18). The molecule has 1 aromatic carbocycles. The molecule has 0 spiro atoms. The van der Waals surface area contributed by atoms with Gasteiger partial charge >= 0.3 is 5.97 Å². The fourth-order valence-electron chi connectivity index (χ4n) is 1.78. The first-order valence-electron chi connectivity index (χ1n) is 6.54. The molecule has 1 aromatic heterocycles. The number of nitrogens with zero attached hydrogens (tertiary/aromatic N) is 1. The maximum Gasteiger partial charge on any atom is 0.345 e. The van der Waals surface area contributed by atoms with Crippen LogP contribution in [0.1, 0.15) is 38.9 Å². The van der Waals surface area contributed by atoms with Crippen LogP contribution in [-0.4, -0.2) is 23.6 Å². The summed E-state index contributed by atoms with van der Waals surface area (Å²) in [6.45, 7) is 5.47. The van der Waals surface area contributed by atoms with Gasteiger partial charge in [-0.05, 0) is 32.9 Å². The number of aromatic nitrogens is 1. The predicted octanol–water partition coefficient (Wildman–Crippen LogP) is 2.72. The van der Waals surface area contributed by atoms with E-state index in [-0.39, 0.29) is 24.0 Å². The minimum Gasteiger partial charge on any atom is -0.462 e. The van der Waals surface area contributed by atoms with Crippen LogP contribution in [0.5, 0.6) is 0 Å². The number of hydrogen-bond acceptors (Lipinski definition) is 5. The number of hydrogen-bond donors (Lipinski definition) is 1. The maximum absolute atomic E-state index is 12.1. The van der Waals surface area contributed by atoms with E-state index in [0.29, 0.717) is 11.3 Å². The SMILES string of the molecule is CCOC(=O)c1c(C)noc1NC(=O)c1ccc(C)cc1. The van der Waals surface area contributed by atoms with Crippen molar-refractivity contribution in [1.29, 1.82) is 0 Å². The molecule has 0 radical (unpaired) electrons. The lowest BCUT2D eigenvalue weighted by Crippen LogP contribution is -2.15. The van der Waals surface area contributed by atoms with Crippen molar-refractivity contribution in [2.45, 2.75) is 20.8 Å². The van der Waals surface area contributed by atoms with Gasteiger partial charge in [0.2, 0.25) is 5.88 Å². The molecule has 2 rings (SSSR count). The van der Waals surface area contributed by atoms with Crippen LogP contribution in [0.4, 0.5) is 5.88 Å². The number of nitrogens with one attached hydrogen (secondary N) is 1. The first kappa shape index (κ1) is 14.8. The molecule has 0 bridgehead atoms. The third-order valence-corrected chi connectivity index (χ3v) is 2.88. The van der Waals surface area contributed by atoms with Crippen molar-refractivity contribution in [2.75, 3.05) is 11.9 Å². The van der Waals surface area contributed by atoms with Gasteiger partial charge in [0.15, 0.2) is 0 Å². The van der Waals surface area contributed by atoms with Gasteiger partial charge in [-0.3, -0.25) is 10.1 Å². The van der Waals surface area contributed by atoms with Crippen LogP contribution in [0.15, 0.2) is 28.8 Å². The molecule has 0 aliphatic heterocycles. The Morgan fingerprint density at radius 3 is 2.52 bits per heavy atom. The van der Waals surface area contributed by atoms with E-state index >= 15 is 0 Å². The second-order valence-electron chi connectivity index (χ2n) is 4.51. The predicted molar refractivity (Wildman–Crippen MR) is 76.3 cm³/mol. The first-order chi connectivity index (χ1) is 10.0. The van der Waals surface area contributed by atoms with Gasteiger partial charge < -0.3 is 9.26 Å². The highest BCUT2D eigenvalue weighted by atomic mass is 16.5. The molecular weight excluding hydrogens is 272 g/mol. The van der Waals surface area contributed by atoms with Crippen molar-refractivity contribution in [3.8, 4) is 0 Å². The number of carbonyl (C=O) groups excluding carboxylic acids is 2. The number of rotatable bonds is 4. The molecule has 110 valence electrons. The Labute approximate surface area is 122 Å². The lowest BCUT2D eigenvalue weighted by atomic mass is 10.1. The van der Waals surface area contributed by atoms with Gasteiger partial charge in [-0.1, -0.05) is 22.9 Å². The molecule has 0 unspecified atom stereocenters. The van der Waals surface area contributed by atoms with Crippen LogP contribution >= 0.6 is 0 Å². The van der Waals surface area contributed by atoms with E-state index in [1.165, 1.54) is 0 Å². The molecule has 0 atom stereocenters. The average Bonchev–Trinajstić information content (AvgIpc) is 2.80. The molecule has 6 nitrogen and oxygen atoms in total.